The number of nitrogens with zero attached hydrogens (tertiary/aromatic N) is 1. The highest BCUT2D eigenvalue weighted by Gasteiger charge is 2.19. The van der Waals surface area contributed by atoms with Gasteiger partial charge in [-0.05, 0) is 6.92 Å². The van der Waals surface area contributed by atoms with Crippen LogP contribution in [0.25, 0.3) is 0 Å². The molecule has 0 radical (unpaired) electrons. The summed E-state index contributed by atoms with van der Waals surface area (Å²) >= 11 is 0. The monoisotopic (exact) mass is 216 g/mol. The van der Waals surface area contributed by atoms with Gasteiger partial charge in [0.15, 0.2) is 0 Å². The average Bonchev–Trinajstić information content (AvgIpc) is 2.19. The Hall–Kier alpha value is -0.190. The molecule has 14 heavy (non-hydrogen) atoms. The van der Waals surface area contributed by atoms with Crippen LogP contribution in [0.2, 0.25) is 0 Å². The van der Waals surface area contributed by atoms with Crippen LogP contribution in [0, 0.1) is 0 Å². The molecular formula is C10H20N2OS. The fraction of sp³-hybridized carbons (Fsp3) is 0.800. The Bertz CT molecular complexity index is 198. The highest BCUT2D eigenvalue weighted by molar-refractivity contribution is 7.85. The largest absolute Gasteiger partial charge is 0.312 e. The van der Waals surface area contributed by atoms with Crippen LogP contribution in [-0.4, -0.2) is 52.8 Å². The van der Waals surface area contributed by atoms with Crippen molar-refractivity contribution in [1.82, 2.24) is 10.2 Å². The van der Waals surface area contributed by atoms with E-state index in [1.807, 2.05) is 6.08 Å². The van der Waals surface area contributed by atoms with Crippen molar-refractivity contribution < 1.29 is 4.21 Å². The van der Waals surface area contributed by atoms with Crippen LogP contribution in [0.4, 0.5) is 0 Å². The van der Waals surface area contributed by atoms with E-state index in [0.29, 0.717) is 6.04 Å². The molecule has 82 valence electrons. The Kier molecular flexibility index (Phi) is 5.37. The summed E-state index contributed by atoms with van der Waals surface area (Å²) in [6, 6.07) is 0.534. The summed E-state index contributed by atoms with van der Waals surface area (Å²) in [4.78, 5) is 2.40. The molecule has 1 N–H and O–H groups in total. The topological polar surface area (TPSA) is 32.3 Å². The summed E-state index contributed by atoms with van der Waals surface area (Å²) in [5.74, 6) is 1.68. The van der Waals surface area contributed by atoms with Crippen LogP contribution < -0.4 is 5.32 Å². The third kappa shape index (κ3) is 3.90. The smallest absolute Gasteiger partial charge is 0.0363 e. The molecule has 0 amide bonds. The first-order valence-corrected chi connectivity index (χ1v) is 6.63. The molecule has 0 saturated carbocycles. The van der Waals surface area contributed by atoms with Gasteiger partial charge in [0.2, 0.25) is 0 Å². The molecule has 3 nitrogen and oxygen atoms in total. The van der Waals surface area contributed by atoms with Crippen molar-refractivity contribution in [2.45, 2.75) is 13.0 Å². The first-order valence-electron chi connectivity index (χ1n) is 5.14. The predicted molar refractivity (Wildman–Crippen MR) is 62.0 cm³/mol. The van der Waals surface area contributed by atoms with E-state index in [9.17, 15) is 4.21 Å². The fourth-order valence-corrected chi connectivity index (χ4v) is 2.70. The summed E-state index contributed by atoms with van der Waals surface area (Å²) in [5, 5.41) is 3.31. The quantitative estimate of drug-likeness (QED) is 0.527. The van der Waals surface area contributed by atoms with E-state index in [1.165, 1.54) is 0 Å². The minimum Gasteiger partial charge on any atom is -0.312 e. The van der Waals surface area contributed by atoms with Crippen LogP contribution >= 0.6 is 0 Å². The standard InChI is InChI=1S/C10H20N2OS/c1-3-4-11-9-10(2)12-5-7-14(13)8-6-12/h3,10-11H,1,4-9H2,2H3. The zero-order valence-electron chi connectivity index (χ0n) is 8.87. The minimum atomic E-state index is -0.563. The Labute approximate surface area is 89.0 Å². The second kappa shape index (κ2) is 6.32. The maximum Gasteiger partial charge on any atom is 0.0363 e. The Balaban J connectivity index is 2.19. The van der Waals surface area contributed by atoms with E-state index in [0.717, 1.165) is 37.7 Å². The van der Waals surface area contributed by atoms with Gasteiger partial charge < -0.3 is 5.32 Å². The van der Waals surface area contributed by atoms with Crippen LogP contribution in [0.15, 0.2) is 12.7 Å². The highest BCUT2D eigenvalue weighted by Crippen LogP contribution is 2.04. The number of rotatable bonds is 5. The van der Waals surface area contributed by atoms with Crippen LogP contribution in [-0.2, 0) is 10.8 Å². The molecule has 0 aromatic heterocycles. The molecule has 1 saturated heterocycles. The van der Waals surface area contributed by atoms with Crippen LogP contribution in [0.1, 0.15) is 6.92 Å². The molecule has 1 rings (SSSR count). The summed E-state index contributed by atoms with van der Waals surface area (Å²) in [6.07, 6.45) is 1.87. The molecule has 0 bridgehead atoms. The van der Waals surface area contributed by atoms with E-state index in [-0.39, 0.29) is 0 Å². The molecule has 1 aliphatic rings. The zero-order valence-corrected chi connectivity index (χ0v) is 9.68. The number of hydrogen-bond donors (Lipinski definition) is 1. The van der Waals surface area contributed by atoms with Crippen LogP contribution in [0.3, 0.4) is 0 Å². The second-order valence-corrected chi connectivity index (χ2v) is 5.38. The molecule has 0 aromatic carbocycles. The number of hydrogen-bond acceptors (Lipinski definition) is 3. The van der Waals surface area contributed by atoms with Crippen LogP contribution in [0.5, 0.6) is 0 Å². The van der Waals surface area contributed by atoms with Gasteiger partial charge in [0.1, 0.15) is 0 Å². The van der Waals surface area contributed by atoms with Crippen molar-refractivity contribution in [2.24, 2.45) is 0 Å². The molecule has 1 heterocycles. The molecular weight excluding hydrogens is 196 g/mol. The fourth-order valence-electron chi connectivity index (χ4n) is 1.62. The average molecular weight is 216 g/mol. The van der Waals surface area contributed by atoms with Crippen molar-refractivity contribution in [3.63, 3.8) is 0 Å². The van der Waals surface area contributed by atoms with E-state index >= 15 is 0 Å². The molecule has 0 spiro atoms. The van der Waals surface area contributed by atoms with Crippen molar-refractivity contribution >= 4 is 10.8 Å². The van der Waals surface area contributed by atoms with Crippen molar-refractivity contribution in [3.05, 3.63) is 12.7 Å². The van der Waals surface area contributed by atoms with Gasteiger partial charge in [-0.3, -0.25) is 9.11 Å². The van der Waals surface area contributed by atoms with E-state index < -0.39 is 10.8 Å². The van der Waals surface area contributed by atoms with Gasteiger partial charge in [-0.25, -0.2) is 0 Å². The van der Waals surface area contributed by atoms with E-state index in [2.05, 4.69) is 23.7 Å². The summed E-state index contributed by atoms with van der Waals surface area (Å²) in [6.45, 7) is 9.68. The number of nitrogens with one attached hydrogen (secondary N) is 1. The Morgan fingerprint density at radius 1 is 1.57 bits per heavy atom. The molecule has 4 heteroatoms. The predicted octanol–water partition coefficient (Wildman–Crippen LogP) is 0.215. The summed E-state index contributed by atoms with van der Waals surface area (Å²) in [5.41, 5.74) is 0. The lowest BCUT2D eigenvalue weighted by molar-refractivity contribution is 0.224. The second-order valence-electron chi connectivity index (χ2n) is 3.68. The van der Waals surface area contributed by atoms with Crippen molar-refractivity contribution in [1.29, 1.82) is 0 Å². The van der Waals surface area contributed by atoms with Crippen molar-refractivity contribution in [3.8, 4) is 0 Å². The van der Waals surface area contributed by atoms with Gasteiger partial charge in [-0.1, -0.05) is 6.08 Å². The molecule has 1 aliphatic heterocycles. The van der Waals surface area contributed by atoms with Crippen molar-refractivity contribution in [2.75, 3.05) is 37.7 Å². The maximum atomic E-state index is 11.1. The van der Waals surface area contributed by atoms with Gasteiger partial charge in [0.05, 0.1) is 0 Å². The van der Waals surface area contributed by atoms with Gasteiger partial charge in [-0.2, -0.15) is 0 Å². The third-order valence-corrected chi connectivity index (χ3v) is 3.84. The molecule has 0 aromatic rings. The lowest BCUT2D eigenvalue weighted by Crippen LogP contribution is -2.47. The first kappa shape index (κ1) is 11.9. The van der Waals surface area contributed by atoms with E-state index in [1.54, 1.807) is 0 Å². The zero-order chi connectivity index (χ0) is 10.4. The summed E-state index contributed by atoms with van der Waals surface area (Å²) < 4.78 is 11.1. The SMILES string of the molecule is C=CCNCC(C)N1CCS(=O)CC1. The van der Waals surface area contributed by atoms with Gasteiger partial charge >= 0.3 is 0 Å². The van der Waals surface area contributed by atoms with Gasteiger partial charge in [-0.15, -0.1) is 6.58 Å². The Morgan fingerprint density at radius 3 is 2.79 bits per heavy atom. The summed E-state index contributed by atoms with van der Waals surface area (Å²) in [7, 11) is -0.563. The first-order chi connectivity index (χ1) is 6.74. The maximum absolute atomic E-state index is 11.1. The van der Waals surface area contributed by atoms with Gasteiger partial charge in [0, 0.05) is 54.5 Å². The van der Waals surface area contributed by atoms with E-state index in [4.69, 9.17) is 0 Å². The minimum absolute atomic E-state index is 0.534. The lowest BCUT2D eigenvalue weighted by Gasteiger charge is -2.32. The molecule has 1 atom stereocenters. The third-order valence-electron chi connectivity index (χ3n) is 2.56. The van der Waals surface area contributed by atoms with Gasteiger partial charge in [0.25, 0.3) is 0 Å². The normalized spacial score (nSPS) is 22.1. The molecule has 1 unspecified atom stereocenters. The lowest BCUT2D eigenvalue weighted by atomic mass is 10.2. The Morgan fingerprint density at radius 2 is 2.21 bits per heavy atom. The highest BCUT2D eigenvalue weighted by atomic mass is 32.2. The molecule has 0 aliphatic carbocycles. The molecule has 1 fully saturated rings.